The summed E-state index contributed by atoms with van der Waals surface area (Å²) in [5.41, 5.74) is -0.479. The van der Waals surface area contributed by atoms with Crippen LogP contribution in [0.4, 0.5) is 0 Å². The predicted octanol–water partition coefficient (Wildman–Crippen LogP) is 1.28. The highest BCUT2D eigenvalue weighted by Gasteiger charge is 2.51. The van der Waals surface area contributed by atoms with Crippen LogP contribution < -0.4 is 10.6 Å². The maximum atomic E-state index is 13.1. The average Bonchev–Trinajstić information content (AvgIpc) is 3.07. The topological polar surface area (TPSA) is 102 Å². The Bertz CT molecular complexity index is 690. The summed E-state index contributed by atoms with van der Waals surface area (Å²) in [7, 11) is 0. The molecule has 7 nitrogen and oxygen atoms in total. The molecule has 2 saturated carbocycles. The van der Waals surface area contributed by atoms with Gasteiger partial charge >= 0.3 is 0 Å². The third-order valence-electron chi connectivity index (χ3n) is 7.05. The smallest absolute Gasteiger partial charge is 0.243 e. The first-order valence-electron chi connectivity index (χ1n) is 10.8. The average molecular weight is 386 g/mol. The molecule has 2 heterocycles. The zero-order valence-electron chi connectivity index (χ0n) is 16.4. The van der Waals surface area contributed by atoms with Crippen LogP contribution in [0.3, 0.4) is 0 Å². The Kier molecular flexibility index (Phi) is 5.42. The quantitative estimate of drug-likeness (QED) is 0.686. The number of ketones is 1. The van der Waals surface area contributed by atoms with E-state index in [0.717, 1.165) is 51.5 Å². The van der Waals surface area contributed by atoms with Crippen molar-refractivity contribution in [1.82, 2.24) is 15.5 Å². The van der Waals surface area contributed by atoms with Crippen molar-refractivity contribution in [2.75, 3.05) is 13.1 Å². The van der Waals surface area contributed by atoms with Gasteiger partial charge < -0.3 is 15.5 Å². The SMILES string of the molecule is N#C[C@H](C[C@@H]1CCCC1=O)NC(=O)[C@H](CC1CC1)N1CCC2(CCCN2)C1=O. The second kappa shape index (κ2) is 7.82. The Hall–Kier alpha value is -1.94. The van der Waals surface area contributed by atoms with E-state index < -0.39 is 17.6 Å². The number of carbonyl (C=O) groups is 3. The van der Waals surface area contributed by atoms with E-state index in [4.69, 9.17) is 0 Å². The van der Waals surface area contributed by atoms with Crippen LogP contribution in [0.25, 0.3) is 0 Å². The van der Waals surface area contributed by atoms with Gasteiger partial charge in [0.1, 0.15) is 17.9 Å². The molecule has 152 valence electrons. The Morgan fingerprint density at radius 2 is 2.07 bits per heavy atom. The van der Waals surface area contributed by atoms with Gasteiger partial charge in [0.05, 0.1) is 11.6 Å². The summed E-state index contributed by atoms with van der Waals surface area (Å²) < 4.78 is 0. The van der Waals surface area contributed by atoms with Gasteiger partial charge in [0.25, 0.3) is 0 Å². The molecular weight excluding hydrogens is 356 g/mol. The van der Waals surface area contributed by atoms with Crippen molar-refractivity contribution < 1.29 is 14.4 Å². The molecule has 1 unspecified atom stereocenters. The first-order chi connectivity index (χ1) is 13.5. The summed E-state index contributed by atoms with van der Waals surface area (Å²) in [5, 5.41) is 15.7. The van der Waals surface area contributed by atoms with E-state index in [1.807, 2.05) is 0 Å². The minimum Gasteiger partial charge on any atom is -0.339 e. The molecule has 0 aromatic carbocycles. The van der Waals surface area contributed by atoms with E-state index in [1.54, 1.807) is 4.90 Å². The monoisotopic (exact) mass is 386 g/mol. The molecule has 2 N–H and O–H groups in total. The maximum absolute atomic E-state index is 13.1. The fourth-order valence-electron chi connectivity index (χ4n) is 5.17. The van der Waals surface area contributed by atoms with Gasteiger partial charge in [0.2, 0.25) is 11.8 Å². The standard InChI is InChI=1S/C21H30N4O3/c22-13-16(12-15-3-1-4-18(15)26)24-19(27)17(11-14-5-6-14)25-10-8-21(20(25)28)7-2-9-23-21/h14-17,23H,1-12H2,(H,24,27)/t15-,16-,17-,21?/m0/s1. The van der Waals surface area contributed by atoms with Gasteiger partial charge in [-0.25, -0.2) is 0 Å². The Balaban J connectivity index is 1.43. The van der Waals surface area contributed by atoms with E-state index in [2.05, 4.69) is 16.7 Å². The lowest BCUT2D eigenvalue weighted by Gasteiger charge is -2.30. The minimum atomic E-state index is -0.669. The molecule has 2 amide bonds. The molecule has 2 aliphatic heterocycles. The molecule has 2 aliphatic carbocycles. The first kappa shape index (κ1) is 19.4. The second-order valence-corrected chi connectivity index (χ2v) is 9.04. The van der Waals surface area contributed by atoms with Crippen LogP contribution in [0.1, 0.15) is 64.2 Å². The normalized spacial score (nSPS) is 32.0. The summed E-state index contributed by atoms with van der Waals surface area (Å²) in [6.07, 6.45) is 8.10. The molecule has 0 aromatic heterocycles. The molecule has 28 heavy (non-hydrogen) atoms. The largest absolute Gasteiger partial charge is 0.339 e. The number of nitrogens with one attached hydrogen (secondary N) is 2. The lowest BCUT2D eigenvalue weighted by atomic mass is 9.95. The lowest BCUT2D eigenvalue weighted by Crippen LogP contribution is -2.54. The van der Waals surface area contributed by atoms with Gasteiger partial charge in [-0.3, -0.25) is 14.4 Å². The maximum Gasteiger partial charge on any atom is 0.243 e. The fraction of sp³-hybridized carbons (Fsp3) is 0.810. The van der Waals surface area contributed by atoms with Gasteiger partial charge in [-0.15, -0.1) is 0 Å². The third-order valence-corrected chi connectivity index (χ3v) is 7.05. The number of hydrogen-bond acceptors (Lipinski definition) is 5. The lowest BCUT2D eigenvalue weighted by molar-refractivity contribution is -0.141. The van der Waals surface area contributed by atoms with Gasteiger partial charge in [-0.1, -0.05) is 12.8 Å². The Morgan fingerprint density at radius 1 is 1.25 bits per heavy atom. The molecule has 7 heteroatoms. The number of nitriles is 1. The van der Waals surface area contributed by atoms with Crippen LogP contribution in [0.5, 0.6) is 0 Å². The molecule has 4 rings (SSSR count). The van der Waals surface area contributed by atoms with Crippen molar-refractivity contribution in [1.29, 1.82) is 5.26 Å². The van der Waals surface area contributed by atoms with Crippen LogP contribution in [0.2, 0.25) is 0 Å². The molecule has 2 saturated heterocycles. The highest BCUT2D eigenvalue weighted by molar-refractivity contribution is 5.94. The molecule has 0 bridgehead atoms. The zero-order chi connectivity index (χ0) is 19.7. The van der Waals surface area contributed by atoms with Crippen molar-refractivity contribution in [3.05, 3.63) is 0 Å². The zero-order valence-corrected chi connectivity index (χ0v) is 16.4. The number of nitrogens with zero attached hydrogens (tertiary/aromatic N) is 2. The van der Waals surface area contributed by atoms with Crippen molar-refractivity contribution in [2.24, 2.45) is 11.8 Å². The highest BCUT2D eigenvalue weighted by atomic mass is 16.2. The van der Waals surface area contributed by atoms with Crippen LogP contribution in [0.15, 0.2) is 0 Å². The number of likely N-dealkylation sites (tertiary alicyclic amines) is 1. The molecule has 0 aromatic rings. The minimum absolute atomic E-state index is 0.0466. The summed E-state index contributed by atoms with van der Waals surface area (Å²) in [4.78, 5) is 39.9. The summed E-state index contributed by atoms with van der Waals surface area (Å²) in [6.45, 7) is 1.44. The highest BCUT2D eigenvalue weighted by Crippen LogP contribution is 2.38. The fourth-order valence-corrected chi connectivity index (χ4v) is 5.17. The van der Waals surface area contributed by atoms with E-state index in [1.165, 1.54) is 0 Å². The number of amides is 2. The number of carbonyl (C=O) groups excluding carboxylic acids is 3. The van der Waals surface area contributed by atoms with Gasteiger partial charge in [-0.2, -0.15) is 5.26 Å². The summed E-state index contributed by atoms with van der Waals surface area (Å²) in [6, 6.07) is 0.983. The van der Waals surface area contributed by atoms with Crippen molar-refractivity contribution in [2.45, 2.75) is 81.8 Å². The summed E-state index contributed by atoms with van der Waals surface area (Å²) in [5.74, 6) is 0.394. The first-order valence-corrected chi connectivity index (χ1v) is 10.8. The van der Waals surface area contributed by atoms with E-state index in [-0.39, 0.29) is 23.5 Å². The van der Waals surface area contributed by atoms with Gasteiger partial charge in [-0.05, 0) is 57.4 Å². The van der Waals surface area contributed by atoms with Crippen LogP contribution in [0, 0.1) is 23.2 Å². The molecular formula is C21H30N4O3. The van der Waals surface area contributed by atoms with Crippen molar-refractivity contribution >= 4 is 17.6 Å². The third kappa shape index (κ3) is 3.80. The summed E-state index contributed by atoms with van der Waals surface area (Å²) >= 11 is 0. The van der Waals surface area contributed by atoms with Crippen molar-refractivity contribution in [3.63, 3.8) is 0 Å². The number of hydrogen-bond donors (Lipinski definition) is 2. The molecule has 4 aliphatic rings. The van der Waals surface area contributed by atoms with Crippen LogP contribution in [-0.4, -0.2) is 53.2 Å². The van der Waals surface area contributed by atoms with Crippen LogP contribution >= 0.6 is 0 Å². The van der Waals surface area contributed by atoms with Gasteiger partial charge in [0, 0.05) is 18.9 Å². The Morgan fingerprint density at radius 3 is 2.68 bits per heavy atom. The second-order valence-electron chi connectivity index (χ2n) is 9.04. The number of Topliss-reactive ketones (excluding diaryl/α,β-unsaturated/α-hetero) is 1. The van der Waals surface area contributed by atoms with Crippen LogP contribution in [-0.2, 0) is 14.4 Å². The van der Waals surface area contributed by atoms with E-state index in [9.17, 15) is 19.6 Å². The van der Waals surface area contributed by atoms with Crippen molar-refractivity contribution in [3.8, 4) is 6.07 Å². The molecule has 1 spiro atoms. The predicted molar refractivity (Wildman–Crippen MR) is 102 cm³/mol. The molecule has 4 atom stereocenters. The number of rotatable bonds is 7. The molecule has 4 fully saturated rings. The van der Waals surface area contributed by atoms with E-state index in [0.29, 0.717) is 31.7 Å². The van der Waals surface area contributed by atoms with Gasteiger partial charge in [0.15, 0.2) is 0 Å². The molecule has 0 radical (unpaired) electrons. The Labute approximate surface area is 166 Å². The van der Waals surface area contributed by atoms with E-state index >= 15 is 0 Å².